The Hall–Kier alpha value is -3.01. The Morgan fingerprint density at radius 2 is 1.69 bits per heavy atom. The predicted octanol–water partition coefficient (Wildman–Crippen LogP) is 4.28. The number of carbonyl (C=O) groups excluding carboxylic acids is 1. The minimum atomic E-state index is -0.240. The first-order valence-corrected chi connectivity index (χ1v) is 8.59. The van der Waals surface area contributed by atoms with Gasteiger partial charge in [0.15, 0.2) is 0 Å². The lowest BCUT2D eigenvalue weighted by Gasteiger charge is -2.15. The van der Waals surface area contributed by atoms with Crippen LogP contribution in [0.2, 0.25) is 0 Å². The predicted molar refractivity (Wildman–Crippen MR) is 104 cm³/mol. The van der Waals surface area contributed by atoms with Gasteiger partial charge in [-0.15, -0.1) is 0 Å². The number of hydrogen-bond acceptors (Lipinski definition) is 3. The molecule has 1 atom stereocenters. The smallest absolute Gasteiger partial charge is 0.227 e. The number of hydrogen-bond donors (Lipinski definition) is 1. The molecule has 134 valence electrons. The number of benzene rings is 3. The van der Waals surface area contributed by atoms with E-state index in [9.17, 15) is 4.79 Å². The molecule has 1 unspecified atom stereocenters. The Bertz CT molecular complexity index is 920. The van der Waals surface area contributed by atoms with Crippen molar-refractivity contribution in [3.63, 3.8) is 0 Å². The van der Waals surface area contributed by atoms with Crippen molar-refractivity contribution in [2.75, 3.05) is 14.2 Å². The van der Waals surface area contributed by atoms with E-state index >= 15 is 0 Å². The molecule has 0 saturated heterocycles. The number of ether oxygens (including phenoxy) is 2. The fraction of sp³-hybridized carbons (Fsp3) is 0.227. The van der Waals surface area contributed by atoms with Crippen LogP contribution in [0.3, 0.4) is 0 Å². The van der Waals surface area contributed by atoms with Gasteiger partial charge >= 0.3 is 0 Å². The third-order valence-corrected chi connectivity index (χ3v) is 4.61. The lowest BCUT2D eigenvalue weighted by atomic mass is 9.97. The third kappa shape index (κ3) is 3.80. The summed E-state index contributed by atoms with van der Waals surface area (Å²) in [6, 6.07) is 19.7. The van der Waals surface area contributed by atoms with E-state index in [4.69, 9.17) is 9.47 Å². The highest BCUT2D eigenvalue weighted by Crippen LogP contribution is 2.25. The number of amides is 1. The summed E-state index contributed by atoms with van der Waals surface area (Å²) in [5, 5.41) is 5.18. The molecule has 0 spiro atoms. The van der Waals surface area contributed by atoms with Gasteiger partial charge in [0, 0.05) is 12.1 Å². The second kappa shape index (κ2) is 7.91. The van der Waals surface area contributed by atoms with Gasteiger partial charge in [0.05, 0.1) is 20.1 Å². The largest absolute Gasteiger partial charge is 0.497 e. The quantitative estimate of drug-likeness (QED) is 0.723. The fourth-order valence-electron chi connectivity index (χ4n) is 2.97. The zero-order chi connectivity index (χ0) is 18.5. The summed E-state index contributed by atoms with van der Waals surface area (Å²) in [4.78, 5) is 12.6. The Labute approximate surface area is 153 Å². The lowest BCUT2D eigenvalue weighted by molar-refractivity contribution is -0.122. The fourth-order valence-corrected chi connectivity index (χ4v) is 2.97. The minimum absolute atomic E-state index is 0.0104. The highest BCUT2D eigenvalue weighted by Gasteiger charge is 2.16. The first-order chi connectivity index (χ1) is 12.6. The molecule has 0 saturated carbocycles. The number of para-hydroxylation sites is 1. The molecular weight excluding hydrogens is 326 g/mol. The van der Waals surface area contributed by atoms with E-state index in [2.05, 4.69) is 11.4 Å². The van der Waals surface area contributed by atoms with Gasteiger partial charge < -0.3 is 14.8 Å². The van der Waals surface area contributed by atoms with Crippen LogP contribution in [0.15, 0.2) is 60.7 Å². The van der Waals surface area contributed by atoms with Gasteiger partial charge in [-0.2, -0.15) is 0 Å². The summed E-state index contributed by atoms with van der Waals surface area (Å²) in [6.07, 6.45) is 0. The van der Waals surface area contributed by atoms with E-state index in [0.717, 1.165) is 33.4 Å². The molecule has 0 aliphatic heterocycles. The molecule has 0 aromatic heterocycles. The molecule has 4 heteroatoms. The molecular formula is C22H23NO3. The number of fused-ring (bicyclic) bond motifs is 1. The zero-order valence-electron chi connectivity index (χ0n) is 15.3. The molecule has 0 aliphatic rings. The summed E-state index contributed by atoms with van der Waals surface area (Å²) in [6.45, 7) is 2.36. The highest BCUT2D eigenvalue weighted by molar-refractivity contribution is 5.88. The second-order valence-corrected chi connectivity index (χ2v) is 6.22. The van der Waals surface area contributed by atoms with Crippen molar-refractivity contribution in [3.05, 3.63) is 71.8 Å². The van der Waals surface area contributed by atoms with Crippen molar-refractivity contribution in [2.24, 2.45) is 0 Å². The Balaban J connectivity index is 1.72. The van der Waals surface area contributed by atoms with Crippen molar-refractivity contribution in [3.8, 4) is 11.5 Å². The van der Waals surface area contributed by atoms with Crippen LogP contribution in [-0.4, -0.2) is 20.1 Å². The van der Waals surface area contributed by atoms with E-state index in [1.165, 1.54) is 0 Å². The third-order valence-electron chi connectivity index (χ3n) is 4.61. The summed E-state index contributed by atoms with van der Waals surface area (Å²) < 4.78 is 10.6. The van der Waals surface area contributed by atoms with Gasteiger partial charge in [0.2, 0.25) is 5.91 Å². The van der Waals surface area contributed by atoms with Crippen LogP contribution in [0.1, 0.15) is 24.0 Å². The van der Waals surface area contributed by atoms with Crippen molar-refractivity contribution >= 4 is 16.7 Å². The van der Waals surface area contributed by atoms with E-state index < -0.39 is 0 Å². The molecule has 3 rings (SSSR count). The number of nitrogens with one attached hydrogen (secondary N) is 1. The van der Waals surface area contributed by atoms with Crippen LogP contribution < -0.4 is 14.8 Å². The lowest BCUT2D eigenvalue weighted by Crippen LogP contribution is -2.27. The monoisotopic (exact) mass is 349 g/mol. The number of methoxy groups -OCH3 is 2. The Morgan fingerprint density at radius 1 is 0.962 bits per heavy atom. The molecule has 0 radical (unpaired) electrons. The van der Waals surface area contributed by atoms with E-state index in [1.807, 2.05) is 61.5 Å². The van der Waals surface area contributed by atoms with Crippen LogP contribution in [0.25, 0.3) is 10.8 Å². The molecule has 1 N–H and O–H groups in total. The highest BCUT2D eigenvalue weighted by atomic mass is 16.5. The summed E-state index contributed by atoms with van der Waals surface area (Å²) in [5.41, 5.74) is 1.95. The van der Waals surface area contributed by atoms with Gasteiger partial charge in [0.1, 0.15) is 11.5 Å². The van der Waals surface area contributed by atoms with Crippen molar-refractivity contribution in [1.82, 2.24) is 5.32 Å². The molecule has 0 heterocycles. The summed E-state index contributed by atoms with van der Waals surface area (Å²) in [5.74, 6) is 1.35. The van der Waals surface area contributed by atoms with Gasteiger partial charge in [-0.05, 0) is 41.5 Å². The van der Waals surface area contributed by atoms with E-state index in [0.29, 0.717) is 6.54 Å². The van der Waals surface area contributed by atoms with Crippen molar-refractivity contribution < 1.29 is 14.3 Å². The van der Waals surface area contributed by atoms with E-state index in [1.54, 1.807) is 14.2 Å². The number of carbonyl (C=O) groups is 1. The standard InChI is InChI=1S/C22H23NO3/c1-15(22(24)23-14-19-6-4-5-7-21(19)26-3)16-8-9-18-13-20(25-2)11-10-17(18)12-16/h4-13,15H,14H2,1-3H3,(H,23,24). The summed E-state index contributed by atoms with van der Waals surface area (Å²) >= 11 is 0. The maximum absolute atomic E-state index is 12.6. The topological polar surface area (TPSA) is 47.6 Å². The molecule has 26 heavy (non-hydrogen) atoms. The average Bonchev–Trinajstić information content (AvgIpc) is 2.70. The van der Waals surface area contributed by atoms with Crippen LogP contribution in [0.4, 0.5) is 0 Å². The Kier molecular flexibility index (Phi) is 5.42. The zero-order valence-corrected chi connectivity index (χ0v) is 15.3. The van der Waals surface area contributed by atoms with Crippen molar-refractivity contribution in [1.29, 1.82) is 0 Å². The van der Waals surface area contributed by atoms with E-state index in [-0.39, 0.29) is 11.8 Å². The maximum atomic E-state index is 12.6. The molecule has 0 fully saturated rings. The molecule has 0 bridgehead atoms. The van der Waals surface area contributed by atoms with Crippen molar-refractivity contribution in [2.45, 2.75) is 19.4 Å². The van der Waals surface area contributed by atoms with Crippen LogP contribution in [0, 0.1) is 0 Å². The first kappa shape index (κ1) is 17.8. The maximum Gasteiger partial charge on any atom is 0.227 e. The molecule has 3 aromatic carbocycles. The molecule has 1 amide bonds. The molecule has 0 aliphatic carbocycles. The minimum Gasteiger partial charge on any atom is -0.497 e. The van der Waals surface area contributed by atoms with Crippen LogP contribution >= 0.6 is 0 Å². The SMILES string of the molecule is COc1ccc2cc(C(C)C(=O)NCc3ccccc3OC)ccc2c1. The second-order valence-electron chi connectivity index (χ2n) is 6.22. The van der Waals surface area contributed by atoms with Gasteiger partial charge in [0.25, 0.3) is 0 Å². The van der Waals surface area contributed by atoms with Crippen LogP contribution in [-0.2, 0) is 11.3 Å². The summed E-state index contributed by atoms with van der Waals surface area (Å²) in [7, 11) is 3.29. The normalized spacial score (nSPS) is 11.8. The number of rotatable bonds is 6. The molecule has 3 aromatic rings. The Morgan fingerprint density at radius 3 is 2.46 bits per heavy atom. The average molecular weight is 349 g/mol. The van der Waals surface area contributed by atoms with Gasteiger partial charge in [-0.3, -0.25) is 4.79 Å². The van der Waals surface area contributed by atoms with Gasteiger partial charge in [-0.25, -0.2) is 0 Å². The van der Waals surface area contributed by atoms with Crippen LogP contribution in [0.5, 0.6) is 11.5 Å². The first-order valence-electron chi connectivity index (χ1n) is 8.59. The van der Waals surface area contributed by atoms with Gasteiger partial charge in [-0.1, -0.05) is 42.5 Å². The molecule has 4 nitrogen and oxygen atoms in total.